The zero-order valence-electron chi connectivity index (χ0n) is 13.3. The Morgan fingerprint density at radius 2 is 1.67 bits per heavy atom. The molecule has 24 heavy (non-hydrogen) atoms. The summed E-state index contributed by atoms with van der Waals surface area (Å²) in [5.74, 6) is -0.716. The van der Waals surface area contributed by atoms with Crippen molar-refractivity contribution < 1.29 is 24.2 Å². The molecule has 0 radical (unpaired) electrons. The lowest BCUT2D eigenvalue weighted by Gasteiger charge is -2.14. The number of aliphatic hydroxyl groups is 1. The van der Waals surface area contributed by atoms with E-state index in [0.29, 0.717) is 11.3 Å². The van der Waals surface area contributed by atoms with Crippen LogP contribution in [0, 0.1) is 0 Å². The van der Waals surface area contributed by atoms with Gasteiger partial charge in [0.1, 0.15) is 0 Å². The largest absolute Gasteiger partial charge is 0.493 e. The average Bonchev–Trinajstić information content (AvgIpc) is 2.64. The van der Waals surface area contributed by atoms with Crippen LogP contribution in [0.4, 0.5) is 0 Å². The lowest BCUT2D eigenvalue weighted by atomic mass is 10.1. The van der Waals surface area contributed by atoms with E-state index >= 15 is 0 Å². The number of carbonyl (C=O) groups is 2. The number of aliphatic hydroxyl groups excluding tert-OH is 1. The Labute approximate surface area is 139 Å². The zero-order chi connectivity index (χ0) is 17.5. The van der Waals surface area contributed by atoms with Crippen LogP contribution in [-0.2, 0) is 4.79 Å². The molecule has 2 aromatic rings. The molecule has 0 saturated heterocycles. The van der Waals surface area contributed by atoms with E-state index in [1.165, 1.54) is 20.3 Å². The van der Waals surface area contributed by atoms with E-state index in [4.69, 9.17) is 9.47 Å². The first-order valence-electron chi connectivity index (χ1n) is 7.12. The molecule has 0 aliphatic rings. The SMILES string of the molecule is COc1cccc(C(=O)NNC(=O)C(O)c2ccccc2)c1OC. The van der Waals surface area contributed by atoms with Crippen molar-refractivity contribution in [2.45, 2.75) is 6.10 Å². The van der Waals surface area contributed by atoms with Crippen LogP contribution < -0.4 is 20.3 Å². The number of nitrogens with one attached hydrogen (secondary N) is 2. The van der Waals surface area contributed by atoms with E-state index in [1.807, 2.05) is 0 Å². The van der Waals surface area contributed by atoms with Gasteiger partial charge in [-0.15, -0.1) is 0 Å². The highest BCUT2D eigenvalue weighted by molar-refractivity contribution is 5.99. The third kappa shape index (κ3) is 3.82. The fraction of sp³-hybridized carbons (Fsp3) is 0.176. The number of amides is 2. The molecule has 2 amide bonds. The Morgan fingerprint density at radius 1 is 0.958 bits per heavy atom. The quantitative estimate of drug-likeness (QED) is 0.716. The number of carbonyl (C=O) groups excluding carboxylic acids is 2. The van der Waals surface area contributed by atoms with E-state index in [-0.39, 0.29) is 11.3 Å². The molecule has 0 saturated carbocycles. The Bertz CT molecular complexity index is 718. The summed E-state index contributed by atoms with van der Waals surface area (Å²) in [6, 6.07) is 13.2. The van der Waals surface area contributed by atoms with Gasteiger partial charge in [-0.1, -0.05) is 36.4 Å². The summed E-state index contributed by atoms with van der Waals surface area (Å²) in [7, 11) is 2.86. The van der Waals surface area contributed by atoms with E-state index < -0.39 is 17.9 Å². The minimum Gasteiger partial charge on any atom is -0.493 e. The highest BCUT2D eigenvalue weighted by atomic mass is 16.5. The maximum absolute atomic E-state index is 12.2. The van der Waals surface area contributed by atoms with E-state index in [0.717, 1.165) is 0 Å². The van der Waals surface area contributed by atoms with Crippen molar-refractivity contribution in [3.63, 3.8) is 0 Å². The summed E-state index contributed by atoms with van der Waals surface area (Å²) < 4.78 is 10.3. The standard InChI is InChI=1S/C17H18N2O5/c1-23-13-10-6-9-12(15(13)24-2)16(21)18-19-17(22)14(20)11-7-4-3-5-8-11/h3-10,14,20H,1-2H3,(H,18,21)(H,19,22). The molecule has 2 aromatic carbocycles. The third-order valence-corrected chi connectivity index (χ3v) is 3.31. The minimum absolute atomic E-state index is 0.186. The van der Waals surface area contributed by atoms with E-state index in [9.17, 15) is 14.7 Å². The number of hydrogen-bond donors (Lipinski definition) is 3. The number of methoxy groups -OCH3 is 2. The molecule has 0 fully saturated rings. The molecule has 1 atom stereocenters. The van der Waals surface area contributed by atoms with Crippen molar-refractivity contribution in [2.75, 3.05) is 14.2 Å². The molecule has 7 heteroatoms. The van der Waals surface area contributed by atoms with Crippen molar-refractivity contribution in [2.24, 2.45) is 0 Å². The fourth-order valence-electron chi connectivity index (χ4n) is 2.11. The maximum atomic E-state index is 12.2. The van der Waals surface area contributed by atoms with Gasteiger partial charge in [-0.3, -0.25) is 20.4 Å². The Balaban J connectivity index is 2.04. The predicted molar refractivity (Wildman–Crippen MR) is 86.6 cm³/mol. The second kappa shape index (κ2) is 7.98. The first-order valence-corrected chi connectivity index (χ1v) is 7.12. The van der Waals surface area contributed by atoms with Gasteiger partial charge in [-0.05, 0) is 17.7 Å². The first kappa shape index (κ1) is 17.3. The van der Waals surface area contributed by atoms with Crippen LogP contribution in [0.1, 0.15) is 22.0 Å². The molecular weight excluding hydrogens is 312 g/mol. The van der Waals surface area contributed by atoms with E-state index in [2.05, 4.69) is 10.9 Å². The first-order chi connectivity index (χ1) is 11.6. The molecular formula is C17H18N2O5. The summed E-state index contributed by atoms with van der Waals surface area (Å²) in [5.41, 5.74) is 5.03. The van der Waals surface area contributed by atoms with E-state index in [1.54, 1.807) is 42.5 Å². The molecule has 0 aromatic heterocycles. The Morgan fingerprint density at radius 3 is 2.29 bits per heavy atom. The normalized spacial score (nSPS) is 11.3. The van der Waals surface area contributed by atoms with Crippen molar-refractivity contribution in [3.8, 4) is 11.5 Å². The summed E-state index contributed by atoms with van der Waals surface area (Å²) in [5, 5.41) is 9.95. The molecule has 2 rings (SSSR count). The van der Waals surface area contributed by atoms with Gasteiger partial charge in [0, 0.05) is 0 Å². The van der Waals surface area contributed by atoms with Gasteiger partial charge in [0.25, 0.3) is 11.8 Å². The number of ether oxygens (including phenoxy) is 2. The highest BCUT2D eigenvalue weighted by Crippen LogP contribution is 2.30. The van der Waals surface area contributed by atoms with Crippen molar-refractivity contribution >= 4 is 11.8 Å². The monoisotopic (exact) mass is 330 g/mol. The number of rotatable bonds is 5. The molecule has 0 spiro atoms. The molecule has 1 unspecified atom stereocenters. The topological polar surface area (TPSA) is 96.9 Å². The van der Waals surface area contributed by atoms with Gasteiger partial charge >= 0.3 is 0 Å². The number of hydrazine groups is 1. The molecule has 0 bridgehead atoms. The molecule has 0 heterocycles. The summed E-state index contributed by atoms with van der Waals surface area (Å²) in [6.45, 7) is 0. The third-order valence-electron chi connectivity index (χ3n) is 3.31. The van der Waals surface area contributed by atoms with Crippen LogP contribution in [0.25, 0.3) is 0 Å². The van der Waals surface area contributed by atoms with Gasteiger partial charge in [0.05, 0.1) is 19.8 Å². The lowest BCUT2D eigenvalue weighted by Crippen LogP contribution is -2.44. The zero-order valence-corrected chi connectivity index (χ0v) is 13.3. The van der Waals surface area contributed by atoms with Crippen molar-refractivity contribution in [3.05, 3.63) is 59.7 Å². The Hall–Kier alpha value is -3.06. The second-order valence-electron chi connectivity index (χ2n) is 4.80. The molecule has 7 nitrogen and oxygen atoms in total. The average molecular weight is 330 g/mol. The van der Waals surface area contributed by atoms with Crippen molar-refractivity contribution in [1.29, 1.82) is 0 Å². The number of benzene rings is 2. The predicted octanol–water partition coefficient (Wildman–Crippen LogP) is 1.20. The molecule has 126 valence electrons. The van der Waals surface area contributed by atoms with Crippen LogP contribution in [0.2, 0.25) is 0 Å². The smallest absolute Gasteiger partial charge is 0.273 e. The lowest BCUT2D eigenvalue weighted by molar-refractivity contribution is -0.130. The Kier molecular flexibility index (Phi) is 5.75. The van der Waals surface area contributed by atoms with Crippen molar-refractivity contribution in [1.82, 2.24) is 10.9 Å². The van der Waals surface area contributed by atoms with Gasteiger partial charge in [0.2, 0.25) is 0 Å². The molecule has 0 aliphatic carbocycles. The van der Waals surface area contributed by atoms with Crippen LogP contribution in [0.5, 0.6) is 11.5 Å². The van der Waals surface area contributed by atoms with Crippen LogP contribution >= 0.6 is 0 Å². The second-order valence-corrected chi connectivity index (χ2v) is 4.80. The highest BCUT2D eigenvalue weighted by Gasteiger charge is 2.20. The van der Waals surface area contributed by atoms with Gasteiger partial charge in [0.15, 0.2) is 17.6 Å². The molecule has 0 aliphatic heterocycles. The number of para-hydroxylation sites is 1. The summed E-state index contributed by atoms with van der Waals surface area (Å²) in [4.78, 5) is 24.1. The van der Waals surface area contributed by atoms with Gasteiger partial charge in [-0.2, -0.15) is 0 Å². The summed E-state index contributed by atoms with van der Waals surface area (Å²) >= 11 is 0. The molecule has 3 N–H and O–H groups in total. The van der Waals surface area contributed by atoms with Crippen LogP contribution in [0.15, 0.2) is 48.5 Å². The minimum atomic E-state index is -1.39. The maximum Gasteiger partial charge on any atom is 0.273 e. The van der Waals surface area contributed by atoms with Gasteiger partial charge < -0.3 is 14.6 Å². The fourth-order valence-corrected chi connectivity index (χ4v) is 2.11. The van der Waals surface area contributed by atoms with Crippen LogP contribution in [0.3, 0.4) is 0 Å². The number of hydrogen-bond acceptors (Lipinski definition) is 5. The van der Waals surface area contributed by atoms with Crippen LogP contribution in [-0.4, -0.2) is 31.1 Å². The summed E-state index contributed by atoms with van der Waals surface area (Å²) in [6.07, 6.45) is -1.39. The van der Waals surface area contributed by atoms with Gasteiger partial charge in [-0.25, -0.2) is 0 Å².